The molecule has 2 heterocycles. The number of ether oxygens (including phenoxy) is 1. The van der Waals surface area contributed by atoms with E-state index in [1.165, 1.54) is 6.08 Å². The van der Waals surface area contributed by atoms with Gasteiger partial charge in [-0.1, -0.05) is 23.7 Å². The number of nitrogens with zero attached hydrogens (tertiary/aromatic N) is 4. The van der Waals surface area contributed by atoms with E-state index >= 15 is 0 Å². The minimum atomic E-state index is -0.166. The molecule has 0 unspecified atom stereocenters. The number of nitrogens with one attached hydrogen (secondary N) is 1. The predicted molar refractivity (Wildman–Crippen MR) is 110 cm³/mol. The topological polar surface area (TPSA) is 62.6 Å². The average molecular weight is 404 g/mol. The number of carbonyl (C=O) groups is 1. The van der Waals surface area contributed by atoms with Crippen molar-refractivity contribution in [3.8, 4) is 5.75 Å². The second-order valence-corrected chi connectivity index (χ2v) is 7.26. The highest BCUT2D eigenvalue weighted by molar-refractivity contribution is 6.31. The lowest BCUT2D eigenvalue weighted by Gasteiger charge is -2.31. The Morgan fingerprint density at radius 2 is 2.07 bits per heavy atom. The molecule has 28 heavy (non-hydrogen) atoms. The molecule has 0 radical (unpaired) electrons. The maximum atomic E-state index is 12.2. The summed E-state index contributed by atoms with van der Waals surface area (Å²) in [5.41, 5.74) is 5.46. The van der Waals surface area contributed by atoms with Gasteiger partial charge in [0.25, 0.3) is 5.91 Å². The van der Waals surface area contributed by atoms with E-state index in [1.807, 2.05) is 36.2 Å². The zero-order valence-electron chi connectivity index (χ0n) is 16.5. The molecule has 1 saturated heterocycles. The summed E-state index contributed by atoms with van der Waals surface area (Å²) in [6.45, 7) is 5.91. The van der Waals surface area contributed by atoms with Gasteiger partial charge in [0.1, 0.15) is 10.9 Å². The second-order valence-electron chi connectivity index (χ2n) is 6.90. The monoisotopic (exact) mass is 403 g/mol. The molecular formula is C20H26ClN5O2. The number of hydrogen-bond acceptors (Lipinski definition) is 5. The zero-order chi connectivity index (χ0) is 20.1. The van der Waals surface area contributed by atoms with Crippen LogP contribution in [0.1, 0.15) is 16.8 Å². The van der Waals surface area contributed by atoms with Crippen LogP contribution in [0.25, 0.3) is 6.08 Å². The standard InChI is InChI=1S/C20H26ClN5O2/c1-15-18(7-8-19(27)23-25-11-9-24(2)10-12-25)20(21)26(22-15)14-16-5-4-6-17(13-16)28-3/h4-8,13H,9-12,14H2,1-3H3,(H,23,27)/b8-7+. The fourth-order valence-electron chi connectivity index (χ4n) is 3.08. The highest BCUT2D eigenvalue weighted by Crippen LogP contribution is 2.23. The Kier molecular flexibility index (Phi) is 6.72. The summed E-state index contributed by atoms with van der Waals surface area (Å²) in [5.74, 6) is 0.624. The van der Waals surface area contributed by atoms with Crippen molar-refractivity contribution in [2.24, 2.45) is 0 Å². The molecule has 1 fully saturated rings. The molecule has 7 nitrogen and oxygen atoms in total. The molecule has 0 aliphatic carbocycles. The summed E-state index contributed by atoms with van der Waals surface area (Å²) in [6, 6.07) is 7.77. The molecule has 0 saturated carbocycles. The minimum absolute atomic E-state index is 0.166. The van der Waals surface area contributed by atoms with Gasteiger partial charge in [0.2, 0.25) is 0 Å². The van der Waals surface area contributed by atoms with Crippen molar-refractivity contribution in [1.29, 1.82) is 0 Å². The van der Waals surface area contributed by atoms with Crippen LogP contribution in [-0.4, -0.2) is 65.9 Å². The van der Waals surface area contributed by atoms with E-state index in [0.717, 1.165) is 48.7 Å². The molecule has 1 aliphatic heterocycles. The molecule has 1 aromatic carbocycles. The van der Waals surface area contributed by atoms with Crippen LogP contribution in [-0.2, 0) is 11.3 Å². The van der Waals surface area contributed by atoms with E-state index in [9.17, 15) is 4.79 Å². The molecule has 3 rings (SSSR count). The van der Waals surface area contributed by atoms with E-state index in [4.69, 9.17) is 16.3 Å². The number of likely N-dealkylation sites (N-methyl/N-ethyl adjacent to an activating group) is 1. The van der Waals surface area contributed by atoms with Gasteiger partial charge in [-0.25, -0.2) is 9.69 Å². The lowest BCUT2D eigenvalue weighted by Crippen LogP contribution is -2.52. The first kappa shape index (κ1) is 20.4. The van der Waals surface area contributed by atoms with Crippen LogP contribution < -0.4 is 10.2 Å². The molecule has 1 aliphatic rings. The van der Waals surface area contributed by atoms with Gasteiger partial charge in [-0.05, 0) is 37.7 Å². The smallest absolute Gasteiger partial charge is 0.258 e. The maximum absolute atomic E-state index is 12.2. The molecular weight excluding hydrogens is 378 g/mol. The number of aromatic nitrogens is 2. The van der Waals surface area contributed by atoms with Crippen molar-refractivity contribution in [2.45, 2.75) is 13.5 Å². The number of rotatable bonds is 6. The van der Waals surface area contributed by atoms with Crippen LogP contribution in [0.2, 0.25) is 5.15 Å². The number of methoxy groups -OCH3 is 1. The second kappa shape index (κ2) is 9.23. The van der Waals surface area contributed by atoms with Crippen LogP contribution in [0.4, 0.5) is 0 Å². The molecule has 0 bridgehead atoms. The third-order valence-electron chi connectivity index (χ3n) is 4.75. The van der Waals surface area contributed by atoms with Crippen LogP contribution in [0, 0.1) is 6.92 Å². The van der Waals surface area contributed by atoms with E-state index < -0.39 is 0 Å². The number of aryl methyl sites for hydroxylation is 1. The molecule has 8 heteroatoms. The van der Waals surface area contributed by atoms with E-state index in [2.05, 4.69) is 22.5 Å². The van der Waals surface area contributed by atoms with Gasteiger partial charge in [0.15, 0.2) is 0 Å². The number of amides is 1. The largest absolute Gasteiger partial charge is 0.497 e. The number of piperazine rings is 1. The van der Waals surface area contributed by atoms with E-state index in [0.29, 0.717) is 11.7 Å². The van der Waals surface area contributed by atoms with Crippen molar-refractivity contribution >= 4 is 23.6 Å². The van der Waals surface area contributed by atoms with Gasteiger partial charge < -0.3 is 9.64 Å². The van der Waals surface area contributed by atoms with E-state index in [1.54, 1.807) is 17.9 Å². The summed E-state index contributed by atoms with van der Waals surface area (Å²) in [4.78, 5) is 14.5. The van der Waals surface area contributed by atoms with Gasteiger partial charge in [0.05, 0.1) is 19.3 Å². The maximum Gasteiger partial charge on any atom is 0.258 e. The number of hydrogen-bond donors (Lipinski definition) is 1. The Bertz CT molecular complexity index is 856. The third kappa shape index (κ3) is 5.13. The summed E-state index contributed by atoms with van der Waals surface area (Å²) >= 11 is 6.51. The fraction of sp³-hybridized carbons (Fsp3) is 0.400. The Morgan fingerprint density at radius 1 is 1.32 bits per heavy atom. The highest BCUT2D eigenvalue weighted by Gasteiger charge is 2.15. The third-order valence-corrected chi connectivity index (χ3v) is 5.15. The van der Waals surface area contributed by atoms with Crippen molar-refractivity contribution in [2.75, 3.05) is 40.3 Å². The van der Waals surface area contributed by atoms with Crippen LogP contribution in [0.5, 0.6) is 5.75 Å². The average Bonchev–Trinajstić information content (AvgIpc) is 2.95. The zero-order valence-corrected chi connectivity index (χ0v) is 17.2. The molecule has 0 atom stereocenters. The first-order valence-electron chi connectivity index (χ1n) is 9.24. The number of hydrazine groups is 1. The van der Waals surface area contributed by atoms with Gasteiger partial charge in [-0.15, -0.1) is 0 Å². The lowest BCUT2D eigenvalue weighted by molar-refractivity contribution is -0.121. The predicted octanol–water partition coefficient (Wildman–Crippen LogP) is 2.19. The summed E-state index contributed by atoms with van der Waals surface area (Å²) in [6.07, 6.45) is 3.22. The Morgan fingerprint density at radius 3 is 2.79 bits per heavy atom. The van der Waals surface area contributed by atoms with Crippen molar-refractivity contribution in [1.82, 2.24) is 25.1 Å². The van der Waals surface area contributed by atoms with Gasteiger partial charge in [-0.3, -0.25) is 10.2 Å². The van der Waals surface area contributed by atoms with Gasteiger partial charge >= 0.3 is 0 Å². The SMILES string of the molecule is COc1cccc(Cn2nc(C)c(/C=C/C(=O)NN3CCN(C)CC3)c2Cl)c1. The number of carbonyl (C=O) groups excluding carboxylic acids is 1. The van der Waals surface area contributed by atoms with Crippen molar-refractivity contribution in [3.63, 3.8) is 0 Å². The Labute approximate surface area is 170 Å². The van der Waals surface area contributed by atoms with Crippen molar-refractivity contribution < 1.29 is 9.53 Å². The Balaban J connectivity index is 1.65. The molecule has 1 N–H and O–H groups in total. The first-order chi connectivity index (χ1) is 13.5. The first-order valence-corrected chi connectivity index (χ1v) is 9.62. The molecule has 150 valence electrons. The van der Waals surface area contributed by atoms with Gasteiger partial charge in [-0.2, -0.15) is 5.10 Å². The normalized spacial score (nSPS) is 15.9. The summed E-state index contributed by atoms with van der Waals surface area (Å²) in [7, 11) is 3.72. The number of halogens is 1. The van der Waals surface area contributed by atoms with Crippen LogP contribution >= 0.6 is 11.6 Å². The molecule has 1 aromatic heterocycles. The highest BCUT2D eigenvalue weighted by atomic mass is 35.5. The van der Waals surface area contributed by atoms with Gasteiger partial charge in [0, 0.05) is 37.8 Å². The van der Waals surface area contributed by atoms with Crippen LogP contribution in [0.3, 0.4) is 0 Å². The summed E-state index contributed by atoms with van der Waals surface area (Å²) in [5, 5.41) is 6.95. The lowest BCUT2D eigenvalue weighted by atomic mass is 10.2. The quantitative estimate of drug-likeness (QED) is 0.749. The van der Waals surface area contributed by atoms with Crippen LogP contribution in [0.15, 0.2) is 30.3 Å². The molecule has 1 amide bonds. The minimum Gasteiger partial charge on any atom is -0.497 e. The van der Waals surface area contributed by atoms with Crippen molar-refractivity contribution in [3.05, 3.63) is 52.3 Å². The summed E-state index contributed by atoms with van der Waals surface area (Å²) < 4.78 is 6.99. The number of benzene rings is 1. The molecule has 2 aromatic rings. The molecule has 0 spiro atoms. The fourth-order valence-corrected chi connectivity index (χ4v) is 3.37. The Hall–Kier alpha value is -2.35. The van der Waals surface area contributed by atoms with E-state index in [-0.39, 0.29) is 5.91 Å².